The lowest BCUT2D eigenvalue weighted by Gasteiger charge is -2.08. The molecule has 0 radical (unpaired) electrons. The maximum atomic E-state index is 12.0. The standard InChI is InChI=1S/C15H11Cl2NO4/c16-8-1-3-10(12(17)5-8)14(20)7-22-15(21)11-6-9(19)2-4-13(11)18/h1-6,19H,7,18H2. The zero-order valence-electron chi connectivity index (χ0n) is 11.2. The highest BCUT2D eigenvalue weighted by Crippen LogP contribution is 2.22. The molecule has 22 heavy (non-hydrogen) atoms. The van der Waals surface area contributed by atoms with Crippen molar-refractivity contribution in [2.24, 2.45) is 0 Å². The monoisotopic (exact) mass is 339 g/mol. The average molecular weight is 340 g/mol. The highest BCUT2D eigenvalue weighted by molar-refractivity contribution is 6.36. The van der Waals surface area contributed by atoms with Gasteiger partial charge >= 0.3 is 5.97 Å². The number of ketones is 1. The minimum absolute atomic E-state index is 0.0185. The van der Waals surface area contributed by atoms with Crippen LogP contribution in [0.15, 0.2) is 36.4 Å². The summed E-state index contributed by atoms with van der Waals surface area (Å²) in [6.45, 7) is -0.505. The number of phenolic OH excluding ortho intramolecular Hbond substituents is 1. The summed E-state index contributed by atoms with van der Waals surface area (Å²) in [5, 5.41) is 9.91. The number of carbonyl (C=O) groups is 2. The van der Waals surface area contributed by atoms with Crippen molar-refractivity contribution >= 4 is 40.6 Å². The number of nitrogen functional groups attached to an aromatic ring is 1. The molecule has 0 aliphatic rings. The third-order valence-electron chi connectivity index (χ3n) is 2.82. The summed E-state index contributed by atoms with van der Waals surface area (Å²) in [4.78, 5) is 23.9. The molecule has 0 aliphatic carbocycles. The number of rotatable bonds is 4. The summed E-state index contributed by atoms with van der Waals surface area (Å²) in [5.41, 5.74) is 5.93. The molecule has 7 heteroatoms. The van der Waals surface area contributed by atoms with Crippen molar-refractivity contribution in [3.05, 3.63) is 57.6 Å². The predicted octanol–water partition coefficient (Wildman–Crippen LogP) is 3.32. The molecule has 0 heterocycles. The number of nitrogens with two attached hydrogens (primary N) is 1. The first-order valence-corrected chi connectivity index (χ1v) is 6.88. The van der Waals surface area contributed by atoms with E-state index >= 15 is 0 Å². The Balaban J connectivity index is 2.07. The van der Waals surface area contributed by atoms with Gasteiger partial charge in [0.1, 0.15) is 5.75 Å². The molecule has 0 atom stereocenters. The van der Waals surface area contributed by atoms with Crippen LogP contribution in [0.4, 0.5) is 5.69 Å². The summed E-state index contributed by atoms with van der Waals surface area (Å²) in [7, 11) is 0. The maximum absolute atomic E-state index is 12.0. The van der Waals surface area contributed by atoms with E-state index in [2.05, 4.69) is 0 Å². The molecule has 0 bridgehead atoms. The van der Waals surface area contributed by atoms with E-state index in [0.29, 0.717) is 5.02 Å². The molecule has 0 fully saturated rings. The van der Waals surface area contributed by atoms with Gasteiger partial charge in [-0.1, -0.05) is 23.2 Å². The third kappa shape index (κ3) is 3.69. The normalized spacial score (nSPS) is 10.3. The number of hydrogen-bond donors (Lipinski definition) is 2. The lowest BCUT2D eigenvalue weighted by Crippen LogP contribution is -2.15. The van der Waals surface area contributed by atoms with Crippen LogP contribution in [0.5, 0.6) is 5.75 Å². The second-order valence-electron chi connectivity index (χ2n) is 4.40. The van der Waals surface area contributed by atoms with E-state index < -0.39 is 18.4 Å². The van der Waals surface area contributed by atoms with Crippen LogP contribution in [0, 0.1) is 0 Å². The number of halogens is 2. The molecular weight excluding hydrogens is 329 g/mol. The number of hydrogen-bond acceptors (Lipinski definition) is 5. The molecule has 0 amide bonds. The number of Topliss-reactive ketones (excluding diaryl/α,β-unsaturated/α-hetero) is 1. The van der Waals surface area contributed by atoms with E-state index in [9.17, 15) is 14.7 Å². The molecule has 0 spiro atoms. The van der Waals surface area contributed by atoms with Gasteiger partial charge in [0.2, 0.25) is 5.78 Å². The fourth-order valence-electron chi connectivity index (χ4n) is 1.72. The van der Waals surface area contributed by atoms with Crippen LogP contribution in [0.1, 0.15) is 20.7 Å². The summed E-state index contributed by atoms with van der Waals surface area (Å²) >= 11 is 11.6. The van der Waals surface area contributed by atoms with Crippen LogP contribution >= 0.6 is 23.2 Å². The maximum Gasteiger partial charge on any atom is 0.340 e. The number of ether oxygens (including phenoxy) is 1. The highest BCUT2D eigenvalue weighted by atomic mass is 35.5. The molecule has 0 aromatic heterocycles. The summed E-state index contributed by atoms with van der Waals surface area (Å²) < 4.78 is 4.89. The second kappa shape index (κ2) is 6.68. The Hall–Kier alpha value is -2.24. The van der Waals surface area contributed by atoms with Gasteiger partial charge in [-0.3, -0.25) is 4.79 Å². The SMILES string of the molecule is Nc1ccc(O)cc1C(=O)OCC(=O)c1ccc(Cl)cc1Cl. The molecule has 2 aromatic rings. The van der Waals surface area contributed by atoms with Gasteiger partial charge < -0.3 is 15.6 Å². The number of carbonyl (C=O) groups excluding carboxylic acids is 2. The topological polar surface area (TPSA) is 89.6 Å². The fourth-order valence-corrected chi connectivity index (χ4v) is 2.24. The molecule has 2 rings (SSSR count). The van der Waals surface area contributed by atoms with Crippen LogP contribution in [-0.2, 0) is 4.74 Å². The van der Waals surface area contributed by atoms with Gasteiger partial charge in [-0.15, -0.1) is 0 Å². The van der Waals surface area contributed by atoms with Crippen molar-refractivity contribution in [3.63, 3.8) is 0 Å². The molecule has 0 saturated carbocycles. The van der Waals surface area contributed by atoms with Gasteiger partial charge in [0.15, 0.2) is 6.61 Å². The molecule has 0 saturated heterocycles. The summed E-state index contributed by atoms with van der Waals surface area (Å²) in [6.07, 6.45) is 0. The van der Waals surface area contributed by atoms with Crippen molar-refractivity contribution < 1.29 is 19.4 Å². The van der Waals surface area contributed by atoms with Crippen LogP contribution in [0.3, 0.4) is 0 Å². The number of anilines is 1. The lowest BCUT2D eigenvalue weighted by molar-refractivity contribution is 0.0475. The highest BCUT2D eigenvalue weighted by Gasteiger charge is 2.16. The number of esters is 1. The first-order chi connectivity index (χ1) is 10.4. The van der Waals surface area contributed by atoms with E-state index in [4.69, 9.17) is 33.7 Å². The van der Waals surface area contributed by atoms with Gasteiger partial charge in [-0.2, -0.15) is 0 Å². The number of phenols is 1. The lowest BCUT2D eigenvalue weighted by atomic mass is 10.1. The molecule has 0 unspecified atom stereocenters. The van der Waals surface area contributed by atoms with E-state index in [1.807, 2.05) is 0 Å². The van der Waals surface area contributed by atoms with E-state index in [1.54, 1.807) is 0 Å². The van der Waals surface area contributed by atoms with Crippen molar-refractivity contribution in [2.75, 3.05) is 12.3 Å². The number of aromatic hydroxyl groups is 1. The second-order valence-corrected chi connectivity index (χ2v) is 5.24. The van der Waals surface area contributed by atoms with Crippen molar-refractivity contribution in [3.8, 4) is 5.75 Å². The van der Waals surface area contributed by atoms with Crippen LogP contribution < -0.4 is 5.73 Å². The zero-order chi connectivity index (χ0) is 16.3. The summed E-state index contributed by atoms with van der Waals surface area (Å²) in [5.74, 6) is -1.42. The Bertz CT molecular complexity index is 746. The van der Waals surface area contributed by atoms with Gasteiger partial charge in [0, 0.05) is 16.3 Å². The fraction of sp³-hybridized carbons (Fsp3) is 0.0667. The average Bonchev–Trinajstić information content (AvgIpc) is 2.47. The van der Waals surface area contributed by atoms with E-state index in [1.165, 1.54) is 30.3 Å². The quantitative estimate of drug-likeness (QED) is 0.386. The zero-order valence-corrected chi connectivity index (χ0v) is 12.7. The molecule has 114 valence electrons. The van der Waals surface area contributed by atoms with Crippen LogP contribution in [0.25, 0.3) is 0 Å². The van der Waals surface area contributed by atoms with Crippen LogP contribution in [-0.4, -0.2) is 23.5 Å². The Morgan fingerprint density at radius 1 is 1.09 bits per heavy atom. The Labute approximate surface area is 136 Å². The van der Waals surface area contributed by atoms with Gasteiger partial charge in [0.05, 0.1) is 10.6 Å². The largest absolute Gasteiger partial charge is 0.508 e. The molecule has 3 N–H and O–H groups in total. The summed E-state index contributed by atoms with van der Waals surface area (Å²) in [6, 6.07) is 8.25. The molecule has 5 nitrogen and oxygen atoms in total. The van der Waals surface area contributed by atoms with Gasteiger partial charge in [0.25, 0.3) is 0 Å². The Morgan fingerprint density at radius 3 is 2.50 bits per heavy atom. The minimum atomic E-state index is -0.813. The Kier molecular flexibility index (Phi) is 4.90. The van der Waals surface area contributed by atoms with Crippen molar-refractivity contribution in [1.29, 1.82) is 0 Å². The smallest absolute Gasteiger partial charge is 0.340 e. The van der Waals surface area contributed by atoms with Crippen molar-refractivity contribution in [1.82, 2.24) is 0 Å². The molecule has 0 aliphatic heterocycles. The van der Waals surface area contributed by atoms with Gasteiger partial charge in [-0.25, -0.2) is 4.79 Å². The van der Waals surface area contributed by atoms with Crippen molar-refractivity contribution in [2.45, 2.75) is 0 Å². The molecular formula is C15H11Cl2NO4. The van der Waals surface area contributed by atoms with Crippen LogP contribution in [0.2, 0.25) is 10.0 Å². The molecule has 2 aromatic carbocycles. The van der Waals surface area contributed by atoms with E-state index in [-0.39, 0.29) is 27.6 Å². The minimum Gasteiger partial charge on any atom is -0.508 e. The Morgan fingerprint density at radius 2 is 1.82 bits per heavy atom. The van der Waals surface area contributed by atoms with Gasteiger partial charge in [-0.05, 0) is 36.4 Å². The first-order valence-electron chi connectivity index (χ1n) is 6.12. The van der Waals surface area contributed by atoms with E-state index in [0.717, 1.165) is 6.07 Å². The number of benzene rings is 2. The predicted molar refractivity (Wildman–Crippen MR) is 83.6 cm³/mol. The first kappa shape index (κ1) is 16.1. The third-order valence-corrected chi connectivity index (χ3v) is 3.37.